The smallest absolute Gasteiger partial charge is 0.407 e. The van der Waals surface area contributed by atoms with Crippen LogP contribution in [0.5, 0.6) is 0 Å². The molecule has 8 heteroatoms. The average Bonchev–Trinajstić information content (AvgIpc) is 2.73. The lowest BCUT2D eigenvalue weighted by Crippen LogP contribution is -2.55. The number of nitrogens with two attached hydrogens (primary N) is 1. The first-order chi connectivity index (χ1) is 8.34. The number of amides is 3. The Morgan fingerprint density at radius 1 is 1.44 bits per heavy atom. The van der Waals surface area contributed by atoms with Crippen molar-refractivity contribution in [2.75, 3.05) is 6.54 Å². The van der Waals surface area contributed by atoms with Crippen LogP contribution in [0.15, 0.2) is 0 Å². The highest BCUT2D eigenvalue weighted by atomic mass is 16.4. The van der Waals surface area contributed by atoms with E-state index in [2.05, 4.69) is 5.32 Å². The van der Waals surface area contributed by atoms with E-state index in [0.717, 1.165) is 4.90 Å². The summed E-state index contributed by atoms with van der Waals surface area (Å²) < 4.78 is 0. The van der Waals surface area contributed by atoms with Crippen LogP contribution >= 0.6 is 0 Å². The fraction of sp³-hybridized carbons (Fsp3) is 0.700. The molecular weight excluding hydrogens is 242 g/mol. The summed E-state index contributed by atoms with van der Waals surface area (Å²) in [5, 5.41) is 20.5. The van der Waals surface area contributed by atoms with E-state index in [1.807, 2.05) is 0 Å². The van der Waals surface area contributed by atoms with Crippen LogP contribution in [-0.4, -0.2) is 57.8 Å². The maximum Gasteiger partial charge on any atom is 0.407 e. The van der Waals surface area contributed by atoms with Gasteiger partial charge < -0.3 is 21.3 Å². The third kappa shape index (κ3) is 3.10. The molecule has 0 saturated carbocycles. The summed E-state index contributed by atoms with van der Waals surface area (Å²) >= 11 is 0. The summed E-state index contributed by atoms with van der Waals surface area (Å²) in [5.41, 5.74) is 5.04. The Balaban J connectivity index is 2.69. The lowest BCUT2D eigenvalue weighted by atomic mass is 10.1. The van der Waals surface area contributed by atoms with Crippen LogP contribution in [0.25, 0.3) is 0 Å². The van der Waals surface area contributed by atoms with Crippen LogP contribution in [0, 0.1) is 0 Å². The summed E-state index contributed by atoms with van der Waals surface area (Å²) in [6.45, 7) is 1.60. The van der Waals surface area contributed by atoms with Crippen molar-refractivity contribution >= 4 is 17.9 Å². The Labute approximate surface area is 104 Å². The molecule has 0 aliphatic carbocycles. The highest BCUT2D eigenvalue weighted by molar-refractivity contribution is 5.91. The van der Waals surface area contributed by atoms with Crippen molar-refractivity contribution in [1.82, 2.24) is 10.2 Å². The minimum absolute atomic E-state index is 0.281. The molecule has 1 heterocycles. The number of carbonyl (C=O) groups excluding carboxylic acids is 2. The fourth-order valence-corrected chi connectivity index (χ4v) is 1.95. The van der Waals surface area contributed by atoms with Crippen LogP contribution in [0.3, 0.4) is 0 Å². The number of nitrogens with zero attached hydrogens (tertiary/aromatic N) is 1. The van der Waals surface area contributed by atoms with Gasteiger partial charge in [-0.05, 0) is 19.8 Å². The number of primary amides is 1. The molecule has 1 rings (SSSR count). The summed E-state index contributed by atoms with van der Waals surface area (Å²) in [5.74, 6) is -1.47. The second kappa shape index (κ2) is 5.67. The zero-order valence-corrected chi connectivity index (χ0v) is 10.00. The molecule has 3 amide bonds. The molecule has 0 unspecified atom stereocenters. The van der Waals surface area contributed by atoms with E-state index in [4.69, 9.17) is 10.8 Å². The number of nitrogens with one attached hydrogen (secondary N) is 1. The van der Waals surface area contributed by atoms with E-state index in [1.54, 1.807) is 0 Å². The van der Waals surface area contributed by atoms with Gasteiger partial charge in [0.15, 0.2) is 0 Å². The molecule has 0 aromatic rings. The van der Waals surface area contributed by atoms with Gasteiger partial charge in [0.05, 0.1) is 6.10 Å². The van der Waals surface area contributed by atoms with Crippen molar-refractivity contribution < 1.29 is 24.6 Å². The van der Waals surface area contributed by atoms with E-state index in [0.29, 0.717) is 12.8 Å². The number of likely N-dealkylation sites (tertiary alicyclic amines) is 1. The van der Waals surface area contributed by atoms with Gasteiger partial charge in [0.25, 0.3) is 0 Å². The van der Waals surface area contributed by atoms with Crippen LogP contribution in [0.2, 0.25) is 0 Å². The summed E-state index contributed by atoms with van der Waals surface area (Å²) in [6, 6.07) is -2.04. The monoisotopic (exact) mass is 259 g/mol. The second-order valence-electron chi connectivity index (χ2n) is 4.26. The number of carbonyl (C=O) groups is 3. The Morgan fingerprint density at radius 3 is 2.50 bits per heavy atom. The van der Waals surface area contributed by atoms with Gasteiger partial charge in [-0.2, -0.15) is 0 Å². The molecule has 18 heavy (non-hydrogen) atoms. The molecule has 0 bridgehead atoms. The predicted octanol–water partition coefficient (Wildman–Crippen LogP) is -1.52. The van der Waals surface area contributed by atoms with Crippen LogP contribution in [-0.2, 0) is 9.59 Å². The molecule has 0 radical (unpaired) electrons. The van der Waals surface area contributed by atoms with Crippen molar-refractivity contribution in [1.29, 1.82) is 0 Å². The van der Waals surface area contributed by atoms with E-state index >= 15 is 0 Å². The molecule has 0 spiro atoms. The van der Waals surface area contributed by atoms with E-state index < -0.39 is 36.1 Å². The summed E-state index contributed by atoms with van der Waals surface area (Å²) in [6.07, 6.45) is -1.34. The first-order valence-corrected chi connectivity index (χ1v) is 5.62. The van der Waals surface area contributed by atoms with Crippen molar-refractivity contribution in [3.05, 3.63) is 0 Å². The fourth-order valence-electron chi connectivity index (χ4n) is 1.95. The lowest BCUT2D eigenvalue weighted by molar-refractivity contribution is -0.132. The minimum atomic E-state index is -1.21. The first kappa shape index (κ1) is 14.2. The highest BCUT2D eigenvalue weighted by Gasteiger charge is 2.36. The molecule has 3 atom stereocenters. The minimum Gasteiger partial charge on any atom is -0.465 e. The van der Waals surface area contributed by atoms with Crippen LogP contribution in [0.4, 0.5) is 4.79 Å². The third-order valence-corrected chi connectivity index (χ3v) is 2.89. The molecule has 1 aliphatic rings. The largest absolute Gasteiger partial charge is 0.465 e. The molecule has 1 saturated heterocycles. The molecule has 1 fully saturated rings. The van der Waals surface area contributed by atoms with Crippen molar-refractivity contribution in [2.45, 2.75) is 38.0 Å². The maximum atomic E-state index is 11.8. The van der Waals surface area contributed by atoms with Gasteiger partial charge in [-0.1, -0.05) is 0 Å². The highest BCUT2D eigenvalue weighted by Crippen LogP contribution is 2.17. The number of aliphatic hydroxyl groups is 1. The van der Waals surface area contributed by atoms with E-state index in [9.17, 15) is 19.5 Å². The van der Waals surface area contributed by atoms with Crippen molar-refractivity contribution in [3.63, 3.8) is 0 Å². The zero-order valence-electron chi connectivity index (χ0n) is 10.00. The molecule has 102 valence electrons. The van der Waals surface area contributed by atoms with Gasteiger partial charge in [0.1, 0.15) is 12.1 Å². The van der Waals surface area contributed by atoms with Gasteiger partial charge in [0.2, 0.25) is 11.8 Å². The second-order valence-corrected chi connectivity index (χ2v) is 4.26. The maximum absolute atomic E-state index is 11.8. The van der Waals surface area contributed by atoms with Crippen LogP contribution < -0.4 is 11.1 Å². The third-order valence-electron chi connectivity index (χ3n) is 2.89. The average molecular weight is 259 g/mol. The Kier molecular flexibility index (Phi) is 4.49. The molecule has 1 aliphatic heterocycles. The lowest BCUT2D eigenvalue weighted by Gasteiger charge is -2.24. The van der Waals surface area contributed by atoms with Gasteiger partial charge in [-0.25, -0.2) is 4.79 Å². The Morgan fingerprint density at radius 2 is 2.06 bits per heavy atom. The number of rotatable bonds is 4. The van der Waals surface area contributed by atoms with Crippen LogP contribution in [0.1, 0.15) is 19.8 Å². The van der Waals surface area contributed by atoms with Crippen molar-refractivity contribution in [3.8, 4) is 0 Å². The molecule has 5 N–H and O–H groups in total. The Bertz CT molecular complexity index is 357. The standard InChI is InChI=1S/C10H17N3O5/c1-5(14)7(8(11)15)12-9(16)6-3-2-4-13(6)10(17)18/h5-7,14H,2-4H2,1H3,(H2,11,15)(H,12,16)(H,17,18)/t5-,6-,7+/m1/s1. The van der Waals surface area contributed by atoms with Gasteiger partial charge in [-0.15, -0.1) is 0 Å². The number of hydrogen-bond donors (Lipinski definition) is 4. The van der Waals surface area contributed by atoms with Gasteiger partial charge in [0, 0.05) is 6.54 Å². The predicted molar refractivity (Wildman–Crippen MR) is 60.6 cm³/mol. The normalized spacial score (nSPS) is 22.3. The SMILES string of the molecule is C[C@@H](O)[C@H](NC(=O)[C@H]1CCCN1C(=O)O)C(N)=O. The van der Waals surface area contributed by atoms with Crippen molar-refractivity contribution in [2.24, 2.45) is 5.73 Å². The topological polar surface area (TPSA) is 133 Å². The quantitative estimate of drug-likeness (QED) is 0.486. The van der Waals surface area contributed by atoms with Gasteiger partial charge in [-0.3, -0.25) is 14.5 Å². The molecule has 0 aromatic heterocycles. The number of aliphatic hydroxyl groups excluding tert-OH is 1. The summed E-state index contributed by atoms with van der Waals surface area (Å²) in [7, 11) is 0. The van der Waals surface area contributed by atoms with E-state index in [1.165, 1.54) is 6.92 Å². The summed E-state index contributed by atoms with van der Waals surface area (Å²) in [4.78, 5) is 34.8. The first-order valence-electron chi connectivity index (χ1n) is 5.62. The molecule has 0 aromatic carbocycles. The van der Waals surface area contributed by atoms with Gasteiger partial charge >= 0.3 is 6.09 Å². The zero-order chi connectivity index (χ0) is 13.9. The molecule has 8 nitrogen and oxygen atoms in total. The Hall–Kier alpha value is -1.83. The number of hydrogen-bond acceptors (Lipinski definition) is 4. The number of carboxylic acid groups (broad SMARTS) is 1. The molecular formula is C10H17N3O5. The van der Waals surface area contributed by atoms with E-state index in [-0.39, 0.29) is 6.54 Å².